The van der Waals surface area contributed by atoms with Crippen LogP contribution in [0.3, 0.4) is 0 Å². The van der Waals surface area contributed by atoms with E-state index >= 15 is 0 Å². The van der Waals surface area contributed by atoms with Gasteiger partial charge in [0.2, 0.25) is 5.88 Å². The predicted octanol–water partition coefficient (Wildman–Crippen LogP) is 3.25. The SMILES string of the molecule is CC(C)c1cc(Br)ccc1Oc1ccc(C(N)=O)nn1. The van der Waals surface area contributed by atoms with Crippen molar-refractivity contribution in [2.45, 2.75) is 19.8 Å². The van der Waals surface area contributed by atoms with Gasteiger partial charge in [-0.3, -0.25) is 4.79 Å². The van der Waals surface area contributed by atoms with Gasteiger partial charge in [-0.05, 0) is 35.7 Å². The Balaban J connectivity index is 2.27. The molecule has 1 amide bonds. The van der Waals surface area contributed by atoms with Crippen molar-refractivity contribution in [2.24, 2.45) is 5.73 Å². The van der Waals surface area contributed by atoms with E-state index < -0.39 is 5.91 Å². The molecule has 5 nitrogen and oxygen atoms in total. The first kappa shape index (κ1) is 14.5. The monoisotopic (exact) mass is 335 g/mol. The van der Waals surface area contributed by atoms with Gasteiger partial charge < -0.3 is 10.5 Å². The number of carbonyl (C=O) groups excluding carboxylic acids is 1. The fourth-order valence-corrected chi connectivity index (χ4v) is 2.06. The molecule has 0 atom stereocenters. The first-order valence-corrected chi connectivity index (χ1v) is 6.87. The normalized spacial score (nSPS) is 10.6. The van der Waals surface area contributed by atoms with Crippen LogP contribution in [-0.4, -0.2) is 16.1 Å². The highest BCUT2D eigenvalue weighted by Gasteiger charge is 2.11. The van der Waals surface area contributed by atoms with Gasteiger partial charge in [0.15, 0.2) is 5.69 Å². The van der Waals surface area contributed by atoms with Crippen LogP contribution in [0.15, 0.2) is 34.8 Å². The molecule has 0 aliphatic carbocycles. The molecule has 0 radical (unpaired) electrons. The highest BCUT2D eigenvalue weighted by molar-refractivity contribution is 9.10. The largest absolute Gasteiger partial charge is 0.437 e. The summed E-state index contributed by atoms with van der Waals surface area (Å²) in [5.41, 5.74) is 6.27. The highest BCUT2D eigenvalue weighted by atomic mass is 79.9. The van der Waals surface area contributed by atoms with E-state index in [1.54, 1.807) is 6.07 Å². The summed E-state index contributed by atoms with van der Waals surface area (Å²) in [6.07, 6.45) is 0. The van der Waals surface area contributed by atoms with Crippen molar-refractivity contribution in [3.8, 4) is 11.6 Å². The van der Waals surface area contributed by atoms with E-state index in [4.69, 9.17) is 10.5 Å². The Morgan fingerprint density at radius 3 is 2.55 bits per heavy atom. The van der Waals surface area contributed by atoms with Gasteiger partial charge in [0, 0.05) is 10.5 Å². The van der Waals surface area contributed by atoms with Crippen molar-refractivity contribution in [3.05, 3.63) is 46.1 Å². The van der Waals surface area contributed by atoms with Crippen LogP contribution in [0.1, 0.15) is 35.8 Å². The molecular formula is C14H14BrN3O2. The fourth-order valence-electron chi connectivity index (χ4n) is 1.68. The zero-order chi connectivity index (χ0) is 14.7. The molecular weight excluding hydrogens is 322 g/mol. The van der Waals surface area contributed by atoms with Gasteiger partial charge in [-0.1, -0.05) is 29.8 Å². The van der Waals surface area contributed by atoms with Crippen LogP contribution in [0.5, 0.6) is 11.6 Å². The summed E-state index contributed by atoms with van der Waals surface area (Å²) in [7, 11) is 0. The van der Waals surface area contributed by atoms with Gasteiger partial charge in [0.1, 0.15) is 5.75 Å². The Hall–Kier alpha value is -1.95. The van der Waals surface area contributed by atoms with Gasteiger partial charge in [-0.25, -0.2) is 0 Å². The molecule has 1 aromatic heterocycles. The van der Waals surface area contributed by atoms with Crippen molar-refractivity contribution in [1.82, 2.24) is 10.2 Å². The molecule has 0 fully saturated rings. The van der Waals surface area contributed by atoms with E-state index in [0.717, 1.165) is 10.0 Å². The topological polar surface area (TPSA) is 78.1 Å². The number of hydrogen-bond donors (Lipinski definition) is 1. The number of nitrogens with two attached hydrogens (primary N) is 1. The van der Waals surface area contributed by atoms with Gasteiger partial charge in [-0.15, -0.1) is 10.2 Å². The van der Waals surface area contributed by atoms with Crippen LogP contribution in [0, 0.1) is 0 Å². The number of benzene rings is 1. The number of hydrogen-bond acceptors (Lipinski definition) is 4. The average Bonchev–Trinajstić information content (AvgIpc) is 2.41. The van der Waals surface area contributed by atoms with E-state index in [1.807, 2.05) is 18.2 Å². The van der Waals surface area contributed by atoms with Crippen LogP contribution in [0.25, 0.3) is 0 Å². The molecule has 20 heavy (non-hydrogen) atoms. The van der Waals surface area contributed by atoms with Crippen molar-refractivity contribution in [1.29, 1.82) is 0 Å². The molecule has 0 bridgehead atoms. The molecule has 6 heteroatoms. The lowest BCUT2D eigenvalue weighted by molar-refractivity contribution is 0.0994. The van der Waals surface area contributed by atoms with Gasteiger partial charge in [0.05, 0.1) is 0 Å². The Kier molecular flexibility index (Phi) is 4.34. The van der Waals surface area contributed by atoms with E-state index in [0.29, 0.717) is 17.5 Å². The second kappa shape index (κ2) is 6.00. The van der Waals surface area contributed by atoms with Crippen molar-refractivity contribution in [3.63, 3.8) is 0 Å². The predicted molar refractivity (Wildman–Crippen MR) is 78.9 cm³/mol. The van der Waals surface area contributed by atoms with E-state index in [9.17, 15) is 4.79 Å². The average molecular weight is 336 g/mol. The minimum Gasteiger partial charge on any atom is -0.437 e. The van der Waals surface area contributed by atoms with E-state index in [-0.39, 0.29) is 5.69 Å². The lowest BCUT2D eigenvalue weighted by Gasteiger charge is -2.13. The third kappa shape index (κ3) is 3.33. The van der Waals surface area contributed by atoms with Crippen molar-refractivity contribution < 1.29 is 9.53 Å². The molecule has 0 spiro atoms. The van der Waals surface area contributed by atoms with Gasteiger partial charge >= 0.3 is 0 Å². The fraction of sp³-hybridized carbons (Fsp3) is 0.214. The summed E-state index contributed by atoms with van der Waals surface area (Å²) >= 11 is 3.44. The van der Waals surface area contributed by atoms with Crippen LogP contribution in [-0.2, 0) is 0 Å². The summed E-state index contributed by atoms with van der Waals surface area (Å²) in [6.45, 7) is 4.16. The Bertz CT molecular complexity index is 627. The smallest absolute Gasteiger partial charge is 0.269 e. The number of rotatable bonds is 4. The second-order valence-corrected chi connectivity index (χ2v) is 5.48. The first-order valence-electron chi connectivity index (χ1n) is 6.08. The number of primary amides is 1. The van der Waals surface area contributed by atoms with E-state index in [2.05, 4.69) is 40.0 Å². The first-order chi connectivity index (χ1) is 9.47. The number of aromatic nitrogens is 2. The molecule has 1 aromatic carbocycles. The molecule has 0 unspecified atom stereocenters. The third-order valence-electron chi connectivity index (χ3n) is 2.70. The summed E-state index contributed by atoms with van der Waals surface area (Å²) in [5, 5.41) is 7.54. The number of carbonyl (C=O) groups is 1. The lowest BCUT2D eigenvalue weighted by atomic mass is 10.0. The number of halogens is 1. The summed E-state index contributed by atoms with van der Waals surface area (Å²) < 4.78 is 6.70. The van der Waals surface area contributed by atoms with Crippen molar-refractivity contribution >= 4 is 21.8 Å². The van der Waals surface area contributed by atoms with Crippen LogP contribution in [0.4, 0.5) is 0 Å². The molecule has 0 aliphatic heterocycles. The maximum absolute atomic E-state index is 10.9. The maximum atomic E-state index is 10.9. The standard InChI is InChI=1S/C14H14BrN3O2/c1-8(2)10-7-9(15)3-5-12(10)20-13-6-4-11(14(16)19)17-18-13/h3-8H,1-2H3,(H2,16,19). The van der Waals surface area contributed by atoms with Crippen LogP contribution in [0.2, 0.25) is 0 Å². The second-order valence-electron chi connectivity index (χ2n) is 4.56. The quantitative estimate of drug-likeness (QED) is 0.930. The Labute approximate surface area is 125 Å². The molecule has 1 heterocycles. The van der Waals surface area contributed by atoms with E-state index in [1.165, 1.54) is 6.07 Å². The lowest BCUT2D eigenvalue weighted by Crippen LogP contribution is -2.13. The molecule has 104 valence electrons. The van der Waals surface area contributed by atoms with Crippen molar-refractivity contribution in [2.75, 3.05) is 0 Å². The summed E-state index contributed by atoms with van der Waals surface area (Å²) in [5.74, 6) is 0.722. The highest BCUT2D eigenvalue weighted by Crippen LogP contribution is 2.32. The van der Waals surface area contributed by atoms with Gasteiger partial charge in [-0.2, -0.15) is 0 Å². The minimum atomic E-state index is -0.615. The molecule has 0 aliphatic rings. The maximum Gasteiger partial charge on any atom is 0.269 e. The molecule has 2 N–H and O–H groups in total. The number of nitrogens with zero attached hydrogens (tertiary/aromatic N) is 2. The van der Waals surface area contributed by atoms with Crippen LogP contribution >= 0.6 is 15.9 Å². The Morgan fingerprint density at radius 2 is 2.00 bits per heavy atom. The third-order valence-corrected chi connectivity index (χ3v) is 3.19. The minimum absolute atomic E-state index is 0.109. The van der Waals surface area contributed by atoms with Gasteiger partial charge in [0.25, 0.3) is 5.91 Å². The number of ether oxygens (including phenoxy) is 1. The molecule has 0 saturated carbocycles. The summed E-state index contributed by atoms with van der Waals surface area (Å²) in [4.78, 5) is 10.9. The zero-order valence-electron chi connectivity index (χ0n) is 11.1. The Morgan fingerprint density at radius 1 is 1.25 bits per heavy atom. The number of amides is 1. The molecule has 0 saturated heterocycles. The molecule has 2 aromatic rings. The zero-order valence-corrected chi connectivity index (χ0v) is 12.7. The van der Waals surface area contributed by atoms with Crippen LogP contribution < -0.4 is 10.5 Å². The molecule has 2 rings (SSSR count). The summed E-state index contributed by atoms with van der Waals surface area (Å²) in [6, 6.07) is 8.82.